The minimum Gasteiger partial charge on any atom is -0.480 e. The van der Waals surface area contributed by atoms with E-state index >= 15 is 0 Å². The van der Waals surface area contributed by atoms with Crippen LogP contribution in [0.15, 0.2) is 0 Å². The molecule has 1 rings (SSSR count). The number of hydrogen-bond acceptors (Lipinski definition) is 4. The van der Waals surface area contributed by atoms with Gasteiger partial charge in [-0.2, -0.15) is 0 Å². The van der Waals surface area contributed by atoms with E-state index in [2.05, 4.69) is 5.32 Å². The predicted octanol–water partition coefficient (Wildman–Crippen LogP) is 2.20. The van der Waals surface area contributed by atoms with Crippen molar-refractivity contribution in [1.29, 1.82) is 0 Å². The summed E-state index contributed by atoms with van der Waals surface area (Å²) in [5, 5.41) is 12.6. The highest BCUT2D eigenvalue weighted by Gasteiger charge is 2.35. The molecule has 0 bridgehead atoms. The number of ether oxygens (including phenoxy) is 2. The molecule has 0 aromatic heterocycles. The van der Waals surface area contributed by atoms with Crippen LogP contribution in [0.25, 0.3) is 0 Å². The lowest BCUT2D eigenvalue weighted by Gasteiger charge is -2.29. The maximum atomic E-state index is 11.5. The van der Waals surface area contributed by atoms with Crippen molar-refractivity contribution in [2.75, 3.05) is 26.4 Å². The Hall–Kier alpha value is -0.650. The van der Waals surface area contributed by atoms with E-state index in [1.807, 2.05) is 13.8 Å². The second-order valence-electron chi connectivity index (χ2n) is 5.48. The fourth-order valence-electron chi connectivity index (χ4n) is 2.55. The molecule has 20 heavy (non-hydrogen) atoms. The van der Waals surface area contributed by atoms with Crippen LogP contribution < -0.4 is 5.32 Å². The van der Waals surface area contributed by atoms with E-state index in [1.165, 1.54) is 0 Å². The van der Waals surface area contributed by atoms with Gasteiger partial charge < -0.3 is 19.9 Å². The largest absolute Gasteiger partial charge is 0.480 e. The van der Waals surface area contributed by atoms with Gasteiger partial charge in [-0.25, -0.2) is 0 Å². The molecule has 1 heterocycles. The van der Waals surface area contributed by atoms with Gasteiger partial charge in [-0.05, 0) is 45.1 Å². The summed E-state index contributed by atoms with van der Waals surface area (Å²) in [4.78, 5) is 11.5. The van der Waals surface area contributed by atoms with Crippen molar-refractivity contribution in [3.63, 3.8) is 0 Å². The summed E-state index contributed by atoms with van der Waals surface area (Å²) in [5.74, 6) is -0.757. The van der Waals surface area contributed by atoms with Gasteiger partial charge in [-0.15, -0.1) is 0 Å². The lowest BCUT2D eigenvalue weighted by Crippen LogP contribution is -2.52. The zero-order chi connectivity index (χ0) is 14.8. The Morgan fingerprint density at radius 1 is 1.50 bits per heavy atom. The molecule has 5 heteroatoms. The second-order valence-corrected chi connectivity index (χ2v) is 5.48. The van der Waals surface area contributed by atoms with E-state index in [9.17, 15) is 9.90 Å². The summed E-state index contributed by atoms with van der Waals surface area (Å²) >= 11 is 0. The third kappa shape index (κ3) is 5.38. The average Bonchev–Trinajstić information content (AvgIpc) is 2.95. The molecule has 2 atom stereocenters. The monoisotopic (exact) mass is 287 g/mol. The number of aliphatic carboxylic acids is 1. The van der Waals surface area contributed by atoms with Gasteiger partial charge in [0.15, 0.2) is 0 Å². The van der Waals surface area contributed by atoms with Gasteiger partial charge in [-0.3, -0.25) is 4.79 Å². The highest BCUT2D eigenvalue weighted by atomic mass is 16.5. The highest BCUT2D eigenvalue weighted by molar-refractivity contribution is 5.78. The summed E-state index contributed by atoms with van der Waals surface area (Å²) in [5.41, 5.74) is -0.802. The molecule has 0 radical (unpaired) electrons. The Bertz CT molecular complexity index is 279. The van der Waals surface area contributed by atoms with Crippen LogP contribution in [-0.2, 0) is 14.3 Å². The van der Waals surface area contributed by atoms with Gasteiger partial charge in [-0.1, -0.05) is 13.8 Å². The van der Waals surface area contributed by atoms with Crippen molar-refractivity contribution < 1.29 is 19.4 Å². The SMILES string of the molecule is CCCNC(CC)(CCCOCC1CCCO1)C(=O)O. The third-order valence-corrected chi connectivity index (χ3v) is 3.95. The van der Waals surface area contributed by atoms with Gasteiger partial charge in [0.25, 0.3) is 0 Å². The number of hydrogen-bond donors (Lipinski definition) is 2. The van der Waals surface area contributed by atoms with Crippen LogP contribution in [0.5, 0.6) is 0 Å². The summed E-state index contributed by atoms with van der Waals surface area (Å²) in [7, 11) is 0. The molecular formula is C15H29NO4. The first kappa shape index (κ1) is 17.4. The predicted molar refractivity (Wildman–Crippen MR) is 78.0 cm³/mol. The smallest absolute Gasteiger partial charge is 0.323 e. The summed E-state index contributed by atoms with van der Waals surface area (Å²) < 4.78 is 11.1. The molecular weight excluding hydrogens is 258 g/mol. The molecule has 2 unspecified atom stereocenters. The van der Waals surface area contributed by atoms with Gasteiger partial charge in [0, 0.05) is 13.2 Å². The molecule has 0 aromatic rings. The van der Waals surface area contributed by atoms with Crippen LogP contribution in [0.3, 0.4) is 0 Å². The molecule has 0 saturated carbocycles. The average molecular weight is 287 g/mol. The first-order valence-corrected chi connectivity index (χ1v) is 7.82. The van der Waals surface area contributed by atoms with E-state index in [0.717, 1.165) is 38.8 Å². The second kappa shape index (κ2) is 9.32. The Labute approximate surface area is 122 Å². The van der Waals surface area contributed by atoms with Gasteiger partial charge in [0.05, 0.1) is 12.7 Å². The summed E-state index contributed by atoms with van der Waals surface area (Å²) in [6.45, 7) is 6.77. The van der Waals surface area contributed by atoms with Crippen molar-refractivity contribution >= 4 is 5.97 Å². The van der Waals surface area contributed by atoms with Gasteiger partial charge >= 0.3 is 5.97 Å². The minimum absolute atomic E-state index is 0.239. The Kier molecular flexibility index (Phi) is 8.11. The summed E-state index contributed by atoms with van der Waals surface area (Å²) in [6, 6.07) is 0. The van der Waals surface area contributed by atoms with Crippen molar-refractivity contribution in [2.45, 2.75) is 64.0 Å². The first-order valence-electron chi connectivity index (χ1n) is 7.82. The Balaban J connectivity index is 2.24. The number of rotatable bonds is 11. The number of carboxylic acid groups (broad SMARTS) is 1. The highest BCUT2D eigenvalue weighted by Crippen LogP contribution is 2.19. The number of carbonyl (C=O) groups is 1. The van der Waals surface area contributed by atoms with E-state index < -0.39 is 11.5 Å². The Morgan fingerprint density at radius 2 is 2.30 bits per heavy atom. The molecule has 1 saturated heterocycles. The van der Waals surface area contributed by atoms with Crippen LogP contribution >= 0.6 is 0 Å². The third-order valence-electron chi connectivity index (χ3n) is 3.95. The molecule has 0 spiro atoms. The van der Waals surface area contributed by atoms with Crippen LogP contribution in [0, 0.1) is 0 Å². The molecule has 1 aliphatic rings. The zero-order valence-corrected chi connectivity index (χ0v) is 12.8. The molecule has 0 amide bonds. The minimum atomic E-state index is -0.802. The quantitative estimate of drug-likeness (QED) is 0.570. The molecule has 2 N–H and O–H groups in total. The molecule has 1 fully saturated rings. The fourth-order valence-corrected chi connectivity index (χ4v) is 2.55. The van der Waals surface area contributed by atoms with Gasteiger partial charge in [0.1, 0.15) is 5.54 Å². The molecule has 0 aliphatic carbocycles. The molecule has 1 aliphatic heterocycles. The molecule has 118 valence electrons. The van der Waals surface area contributed by atoms with Crippen molar-refractivity contribution in [3.05, 3.63) is 0 Å². The molecule has 0 aromatic carbocycles. The van der Waals surface area contributed by atoms with Crippen molar-refractivity contribution in [3.8, 4) is 0 Å². The van der Waals surface area contributed by atoms with Crippen LogP contribution in [-0.4, -0.2) is 49.1 Å². The van der Waals surface area contributed by atoms with Crippen molar-refractivity contribution in [1.82, 2.24) is 5.32 Å². The zero-order valence-electron chi connectivity index (χ0n) is 12.8. The van der Waals surface area contributed by atoms with E-state index in [0.29, 0.717) is 26.1 Å². The Morgan fingerprint density at radius 3 is 2.85 bits per heavy atom. The lowest BCUT2D eigenvalue weighted by molar-refractivity contribution is -0.145. The number of carboxylic acids is 1. The van der Waals surface area contributed by atoms with E-state index in [4.69, 9.17) is 9.47 Å². The maximum absolute atomic E-state index is 11.5. The fraction of sp³-hybridized carbons (Fsp3) is 0.933. The topological polar surface area (TPSA) is 67.8 Å². The standard InChI is InChI=1S/C15H29NO4/c1-3-9-16-15(4-2,14(17)18)8-6-10-19-12-13-7-5-11-20-13/h13,16H,3-12H2,1-2H3,(H,17,18). The normalized spacial score (nSPS) is 21.8. The van der Waals surface area contributed by atoms with Crippen LogP contribution in [0.2, 0.25) is 0 Å². The lowest BCUT2D eigenvalue weighted by atomic mass is 9.90. The molecule has 5 nitrogen and oxygen atoms in total. The van der Waals surface area contributed by atoms with E-state index in [-0.39, 0.29) is 6.10 Å². The van der Waals surface area contributed by atoms with Crippen molar-refractivity contribution in [2.24, 2.45) is 0 Å². The van der Waals surface area contributed by atoms with E-state index in [1.54, 1.807) is 0 Å². The first-order chi connectivity index (χ1) is 9.64. The maximum Gasteiger partial charge on any atom is 0.323 e. The number of nitrogens with one attached hydrogen (secondary N) is 1. The van der Waals surface area contributed by atoms with Gasteiger partial charge in [0.2, 0.25) is 0 Å². The van der Waals surface area contributed by atoms with Crippen LogP contribution in [0.4, 0.5) is 0 Å². The summed E-state index contributed by atoms with van der Waals surface area (Å²) in [6.07, 6.45) is 5.31. The van der Waals surface area contributed by atoms with Crippen LogP contribution in [0.1, 0.15) is 52.4 Å².